The molecular formula is C17H19NO2. The first-order chi connectivity index (χ1) is 9.69. The molecule has 0 bridgehead atoms. The van der Waals surface area contributed by atoms with Crippen molar-refractivity contribution < 1.29 is 9.53 Å². The van der Waals surface area contributed by atoms with Gasteiger partial charge in [0.2, 0.25) is 0 Å². The summed E-state index contributed by atoms with van der Waals surface area (Å²) in [5.41, 5.74) is 2.01. The van der Waals surface area contributed by atoms with Gasteiger partial charge in [0.15, 0.2) is 0 Å². The zero-order valence-electron chi connectivity index (χ0n) is 11.8. The molecule has 3 nitrogen and oxygen atoms in total. The monoisotopic (exact) mass is 269 g/mol. The number of carbonyl (C=O) groups is 1. The topological polar surface area (TPSA) is 38.3 Å². The third-order valence-electron chi connectivity index (χ3n) is 3.29. The van der Waals surface area contributed by atoms with Gasteiger partial charge in [-0.05, 0) is 42.2 Å². The average molecular weight is 269 g/mol. The van der Waals surface area contributed by atoms with Crippen molar-refractivity contribution >= 4 is 11.8 Å². The number of rotatable bonds is 4. The quantitative estimate of drug-likeness (QED) is 0.864. The van der Waals surface area contributed by atoms with Gasteiger partial charge in [0.1, 0.15) is 5.75 Å². The first kappa shape index (κ1) is 14.1. The van der Waals surface area contributed by atoms with Crippen molar-refractivity contribution in [3.8, 4) is 5.75 Å². The Bertz CT molecular complexity index is 549. The number of benzene rings is 2. The van der Waals surface area contributed by atoms with Crippen LogP contribution in [0.2, 0.25) is 0 Å². The first-order valence-electron chi connectivity index (χ1n) is 6.83. The molecule has 0 aliphatic rings. The Balaban J connectivity index is 1.94. The number of nitrogens with one attached hydrogen (secondary N) is 1. The van der Waals surface area contributed by atoms with Gasteiger partial charge in [-0.2, -0.15) is 0 Å². The minimum absolute atomic E-state index is 0.479. The van der Waals surface area contributed by atoms with Crippen molar-refractivity contribution in [1.82, 2.24) is 0 Å². The van der Waals surface area contributed by atoms with Crippen LogP contribution in [0.15, 0.2) is 54.6 Å². The number of para-hydroxylation sites is 1. The highest BCUT2D eigenvalue weighted by Gasteiger charge is 2.06. The Morgan fingerprint density at radius 1 is 1.10 bits per heavy atom. The lowest BCUT2D eigenvalue weighted by molar-refractivity contribution is 0.215. The molecule has 1 amide bonds. The van der Waals surface area contributed by atoms with Crippen LogP contribution in [0.3, 0.4) is 0 Å². The van der Waals surface area contributed by atoms with Crippen molar-refractivity contribution in [1.29, 1.82) is 0 Å². The molecule has 104 valence electrons. The summed E-state index contributed by atoms with van der Waals surface area (Å²) in [5.74, 6) is 1.06. The highest BCUT2D eigenvalue weighted by atomic mass is 16.6. The number of hydrogen-bond donors (Lipinski definition) is 1. The lowest BCUT2D eigenvalue weighted by atomic mass is 9.99. The van der Waals surface area contributed by atoms with Crippen molar-refractivity contribution in [2.75, 3.05) is 5.32 Å². The molecule has 0 fully saturated rings. The lowest BCUT2D eigenvalue weighted by Gasteiger charge is -2.10. The average Bonchev–Trinajstić information content (AvgIpc) is 2.48. The van der Waals surface area contributed by atoms with Crippen molar-refractivity contribution in [3.05, 3.63) is 60.2 Å². The van der Waals surface area contributed by atoms with Crippen LogP contribution in [0.4, 0.5) is 10.5 Å². The predicted octanol–water partition coefficient (Wildman–Crippen LogP) is 4.81. The third kappa shape index (κ3) is 3.85. The molecule has 0 radical (unpaired) electrons. The van der Waals surface area contributed by atoms with Gasteiger partial charge in [0, 0.05) is 5.69 Å². The fourth-order valence-electron chi connectivity index (χ4n) is 1.87. The Kier molecular flexibility index (Phi) is 4.77. The number of anilines is 1. The maximum Gasteiger partial charge on any atom is 0.417 e. The van der Waals surface area contributed by atoms with Gasteiger partial charge in [-0.25, -0.2) is 4.79 Å². The molecule has 0 aliphatic carbocycles. The van der Waals surface area contributed by atoms with Gasteiger partial charge in [0.25, 0.3) is 0 Å². The SMILES string of the molecule is CC[C@@H](C)c1ccc(NC(=O)Oc2ccccc2)cc1. The predicted molar refractivity (Wildman–Crippen MR) is 81.2 cm³/mol. The van der Waals surface area contributed by atoms with Crippen molar-refractivity contribution in [2.24, 2.45) is 0 Å². The van der Waals surface area contributed by atoms with E-state index in [1.165, 1.54) is 5.56 Å². The molecular weight excluding hydrogens is 250 g/mol. The number of hydrogen-bond acceptors (Lipinski definition) is 2. The van der Waals surface area contributed by atoms with E-state index in [9.17, 15) is 4.79 Å². The Morgan fingerprint density at radius 2 is 1.75 bits per heavy atom. The summed E-state index contributed by atoms with van der Waals surface area (Å²) in [6, 6.07) is 16.9. The van der Waals surface area contributed by atoms with Gasteiger partial charge in [0.05, 0.1) is 0 Å². The Morgan fingerprint density at radius 3 is 2.35 bits per heavy atom. The van der Waals surface area contributed by atoms with Gasteiger partial charge in [-0.1, -0.05) is 44.2 Å². The molecule has 0 heterocycles. The zero-order valence-corrected chi connectivity index (χ0v) is 11.8. The molecule has 20 heavy (non-hydrogen) atoms. The summed E-state index contributed by atoms with van der Waals surface area (Å²) in [6.45, 7) is 4.35. The largest absolute Gasteiger partial charge is 0.417 e. The molecule has 0 aromatic heterocycles. The van der Waals surface area contributed by atoms with Crippen LogP contribution >= 0.6 is 0 Å². The first-order valence-corrected chi connectivity index (χ1v) is 6.83. The van der Waals surface area contributed by atoms with Crippen LogP contribution in [0, 0.1) is 0 Å². The third-order valence-corrected chi connectivity index (χ3v) is 3.29. The van der Waals surface area contributed by atoms with Gasteiger partial charge < -0.3 is 4.74 Å². The van der Waals surface area contributed by atoms with E-state index in [1.807, 2.05) is 42.5 Å². The normalized spacial score (nSPS) is 11.7. The van der Waals surface area contributed by atoms with Gasteiger partial charge in [-0.15, -0.1) is 0 Å². The molecule has 1 N–H and O–H groups in total. The summed E-state index contributed by atoms with van der Waals surface area (Å²) in [4.78, 5) is 11.7. The fourth-order valence-corrected chi connectivity index (χ4v) is 1.87. The van der Waals surface area contributed by atoms with Crippen molar-refractivity contribution in [2.45, 2.75) is 26.2 Å². The molecule has 2 aromatic rings. The van der Waals surface area contributed by atoms with E-state index in [1.54, 1.807) is 12.1 Å². The van der Waals surface area contributed by atoms with Crippen LogP contribution in [-0.2, 0) is 0 Å². The second kappa shape index (κ2) is 6.75. The second-order valence-corrected chi connectivity index (χ2v) is 4.76. The van der Waals surface area contributed by atoms with Gasteiger partial charge in [-0.3, -0.25) is 5.32 Å². The number of carbonyl (C=O) groups excluding carboxylic acids is 1. The van der Waals surface area contributed by atoms with Crippen LogP contribution in [-0.4, -0.2) is 6.09 Å². The molecule has 2 rings (SSSR count). The van der Waals surface area contributed by atoms with Crippen LogP contribution in [0.1, 0.15) is 31.7 Å². The number of ether oxygens (including phenoxy) is 1. The summed E-state index contributed by atoms with van der Waals surface area (Å²) in [5, 5.41) is 2.71. The lowest BCUT2D eigenvalue weighted by Crippen LogP contribution is -2.16. The summed E-state index contributed by atoms with van der Waals surface area (Å²) in [7, 11) is 0. The molecule has 0 unspecified atom stereocenters. The maximum absolute atomic E-state index is 11.7. The maximum atomic E-state index is 11.7. The summed E-state index contributed by atoms with van der Waals surface area (Å²) in [6.07, 6.45) is 0.621. The summed E-state index contributed by atoms with van der Waals surface area (Å²) >= 11 is 0. The molecule has 0 spiro atoms. The van der Waals surface area contributed by atoms with Gasteiger partial charge >= 0.3 is 6.09 Å². The fraction of sp³-hybridized carbons (Fsp3) is 0.235. The van der Waals surface area contributed by atoms with Crippen molar-refractivity contribution in [3.63, 3.8) is 0 Å². The zero-order chi connectivity index (χ0) is 14.4. The van der Waals surface area contributed by atoms with E-state index in [2.05, 4.69) is 19.2 Å². The Labute approximate surface area is 119 Å². The van der Waals surface area contributed by atoms with E-state index in [0.717, 1.165) is 12.1 Å². The molecule has 3 heteroatoms. The smallest absolute Gasteiger partial charge is 0.410 e. The van der Waals surface area contributed by atoms with E-state index < -0.39 is 6.09 Å². The standard InChI is InChI=1S/C17H19NO2/c1-3-13(2)14-9-11-15(12-10-14)18-17(19)20-16-7-5-4-6-8-16/h4-13H,3H2,1-2H3,(H,18,19)/t13-/m1/s1. The van der Waals surface area contributed by atoms with Crippen LogP contribution in [0.25, 0.3) is 0 Å². The summed E-state index contributed by atoms with van der Waals surface area (Å²) < 4.78 is 5.17. The minimum atomic E-state index is -0.479. The highest BCUT2D eigenvalue weighted by molar-refractivity contribution is 5.86. The Hall–Kier alpha value is -2.29. The van der Waals surface area contributed by atoms with E-state index in [4.69, 9.17) is 4.74 Å². The second-order valence-electron chi connectivity index (χ2n) is 4.76. The molecule has 0 saturated heterocycles. The molecule has 0 aliphatic heterocycles. The molecule has 1 atom stereocenters. The van der Waals surface area contributed by atoms with E-state index in [0.29, 0.717) is 11.7 Å². The van der Waals surface area contributed by atoms with E-state index >= 15 is 0 Å². The minimum Gasteiger partial charge on any atom is -0.410 e. The van der Waals surface area contributed by atoms with Crippen LogP contribution in [0.5, 0.6) is 5.75 Å². The van der Waals surface area contributed by atoms with Crippen LogP contribution < -0.4 is 10.1 Å². The number of amides is 1. The molecule has 0 saturated carbocycles. The highest BCUT2D eigenvalue weighted by Crippen LogP contribution is 2.20. The van der Waals surface area contributed by atoms with E-state index in [-0.39, 0.29) is 0 Å². The molecule has 2 aromatic carbocycles.